The number of hydrogen-bond donors (Lipinski definition) is 1. The van der Waals surface area contributed by atoms with Gasteiger partial charge in [0.05, 0.1) is 17.1 Å². The summed E-state index contributed by atoms with van der Waals surface area (Å²) in [5.41, 5.74) is -0.00104. The molecule has 1 aliphatic rings. The predicted octanol–water partition coefficient (Wildman–Crippen LogP) is 1.89. The van der Waals surface area contributed by atoms with Gasteiger partial charge < -0.3 is 15.0 Å². The molecule has 0 aliphatic carbocycles. The van der Waals surface area contributed by atoms with Crippen molar-refractivity contribution in [2.24, 2.45) is 0 Å². The molecule has 1 saturated heterocycles. The van der Waals surface area contributed by atoms with Crippen molar-refractivity contribution in [2.75, 3.05) is 32.0 Å². The summed E-state index contributed by atoms with van der Waals surface area (Å²) >= 11 is 0. The Morgan fingerprint density at radius 1 is 1.50 bits per heavy atom. The summed E-state index contributed by atoms with van der Waals surface area (Å²) in [4.78, 5) is 17.0. The molecule has 0 unspecified atom stereocenters. The van der Waals surface area contributed by atoms with E-state index in [2.05, 4.69) is 22.2 Å². The molecule has 7 nitrogen and oxygen atoms in total. The minimum Gasteiger partial charge on any atom is -0.474 e. The van der Waals surface area contributed by atoms with E-state index in [1.807, 2.05) is 6.92 Å². The number of pyridine rings is 1. The molecule has 1 N–H and O–H groups in total. The van der Waals surface area contributed by atoms with Gasteiger partial charge in [-0.1, -0.05) is 0 Å². The van der Waals surface area contributed by atoms with Gasteiger partial charge in [0, 0.05) is 19.6 Å². The van der Waals surface area contributed by atoms with Gasteiger partial charge in [-0.25, -0.2) is 0 Å². The summed E-state index contributed by atoms with van der Waals surface area (Å²) in [6.07, 6.45) is 1.91. The lowest BCUT2D eigenvalue weighted by Gasteiger charge is -2.28. The third kappa shape index (κ3) is 3.80. The number of aromatic nitrogens is 1. The molecule has 110 valence electrons. The average Bonchev–Trinajstić information content (AvgIpc) is 2.41. The minimum absolute atomic E-state index is 0.00104. The number of anilines is 1. The molecule has 1 aromatic rings. The van der Waals surface area contributed by atoms with Crippen LogP contribution in [0.1, 0.15) is 19.8 Å². The topological polar surface area (TPSA) is 80.5 Å². The van der Waals surface area contributed by atoms with Crippen molar-refractivity contribution < 1.29 is 9.66 Å². The van der Waals surface area contributed by atoms with E-state index in [1.54, 1.807) is 0 Å². The van der Waals surface area contributed by atoms with Gasteiger partial charge >= 0.3 is 0 Å². The molecule has 1 aromatic heterocycles. The lowest BCUT2D eigenvalue weighted by Crippen LogP contribution is -2.35. The first-order chi connectivity index (χ1) is 9.58. The second-order valence-corrected chi connectivity index (χ2v) is 4.96. The van der Waals surface area contributed by atoms with Crippen LogP contribution in [0.2, 0.25) is 0 Å². The quantitative estimate of drug-likeness (QED) is 0.655. The predicted molar refractivity (Wildman–Crippen MR) is 76.2 cm³/mol. The van der Waals surface area contributed by atoms with Gasteiger partial charge in [0.15, 0.2) is 0 Å². The summed E-state index contributed by atoms with van der Waals surface area (Å²) in [6.45, 7) is 4.51. The normalized spacial score (nSPS) is 16.9. The molecule has 2 heterocycles. The van der Waals surface area contributed by atoms with E-state index in [0.717, 1.165) is 25.9 Å². The monoisotopic (exact) mass is 280 g/mol. The maximum absolute atomic E-state index is 10.9. The van der Waals surface area contributed by atoms with Crippen LogP contribution in [0.3, 0.4) is 0 Å². The Morgan fingerprint density at radius 2 is 2.20 bits per heavy atom. The first-order valence-corrected chi connectivity index (χ1v) is 6.84. The number of ether oxygens (including phenoxy) is 1. The van der Waals surface area contributed by atoms with Crippen LogP contribution in [0.5, 0.6) is 5.88 Å². The lowest BCUT2D eigenvalue weighted by atomic mass is 10.1. The van der Waals surface area contributed by atoms with Crippen molar-refractivity contribution in [1.82, 2.24) is 9.88 Å². The zero-order chi connectivity index (χ0) is 14.5. The van der Waals surface area contributed by atoms with E-state index < -0.39 is 4.92 Å². The Morgan fingerprint density at radius 3 is 2.80 bits per heavy atom. The SMILES string of the molecule is CCNc1cc([N+](=O)[O-])cc(OC2CCN(C)CC2)n1. The van der Waals surface area contributed by atoms with Crippen LogP contribution in [0, 0.1) is 10.1 Å². The van der Waals surface area contributed by atoms with Gasteiger partial charge in [0.25, 0.3) is 5.69 Å². The maximum atomic E-state index is 10.9. The van der Waals surface area contributed by atoms with E-state index in [0.29, 0.717) is 18.2 Å². The number of piperidine rings is 1. The Bertz CT molecular complexity index is 473. The molecular formula is C13H20N4O3. The fourth-order valence-corrected chi connectivity index (χ4v) is 2.20. The van der Waals surface area contributed by atoms with E-state index >= 15 is 0 Å². The van der Waals surface area contributed by atoms with Gasteiger partial charge in [0.1, 0.15) is 11.9 Å². The van der Waals surface area contributed by atoms with E-state index in [-0.39, 0.29) is 11.8 Å². The first kappa shape index (κ1) is 14.5. The van der Waals surface area contributed by atoms with E-state index in [9.17, 15) is 10.1 Å². The van der Waals surface area contributed by atoms with Gasteiger partial charge in [-0.15, -0.1) is 0 Å². The molecule has 0 saturated carbocycles. The van der Waals surface area contributed by atoms with Crippen LogP contribution in [-0.2, 0) is 0 Å². The van der Waals surface area contributed by atoms with Gasteiger partial charge in [0.2, 0.25) is 5.88 Å². The number of likely N-dealkylation sites (tertiary alicyclic amines) is 1. The highest BCUT2D eigenvalue weighted by molar-refractivity contribution is 5.48. The van der Waals surface area contributed by atoms with Crippen LogP contribution in [0.4, 0.5) is 11.5 Å². The molecule has 0 spiro atoms. The smallest absolute Gasteiger partial charge is 0.278 e. The fraction of sp³-hybridized carbons (Fsp3) is 0.615. The maximum Gasteiger partial charge on any atom is 0.278 e. The number of nitrogens with one attached hydrogen (secondary N) is 1. The number of nitro groups is 1. The average molecular weight is 280 g/mol. The highest BCUT2D eigenvalue weighted by atomic mass is 16.6. The Labute approximate surface area is 118 Å². The second kappa shape index (κ2) is 6.51. The number of nitrogens with zero attached hydrogens (tertiary/aromatic N) is 3. The largest absolute Gasteiger partial charge is 0.474 e. The molecule has 0 amide bonds. The molecule has 2 rings (SSSR count). The molecule has 0 aromatic carbocycles. The highest BCUT2D eigenvalue weighted by Crippen LogP contribution is 2.24. The van der Waals surface area contributed by atoms with Crippen molar-refractivity contribution in [1.29, 1.82) is 0 Å². The lowest BCUT2D eigenvalue weighted by molar-refractivity contribution is -0.384. The molecule has 0 atom stereocenters. The van der Waals surface area contributed by atoms with E-state index in [4.69, 9.17) is 4.74 Å². The Kier molecular flexibility index (Phi) is 4.73. The first-order valence-electron chi connectivity index (χ1n) is 6.84. The summed E-state index contributed by atoms with van der Waals surface area (Å²) in [5, 5.41) is 13.9. The van der Waals surface area contributed by atoms with E-state index in [1.165, 1.54) is 12.1 Å². The zero-order valence-corrected chi connectivity index (χ0v) is 11.8. The van der Waals surface area contributed by atoms with Crippen LogP contribution >= 0.6 is 0 Å². The third-order valence-electron chi connectivity index (χ3n) is 3.31. The molecule has 0 radical (unpaired) electrons. The van der Waals surface area contributed by atoms with Crippen molar-refractivity contribution in [3.8, 4) is 5.88 Å². The summed E-state index contributed by atoms with van der Waals surface area (Å²) in [5.74, 6) is 0.800. The van der Waals surface area contributed by atoms with Crippen LogP contribution in [0.25, 0.3) is 0 Å². The van der Waals surface area contributed by atoms with Crippen molar-refractivity contribution in [3.05, 3.63) is 22.2 Å². The number of hydrogen-bond acceptors (Lipinski definition) is 6. The molecule has 7 heteroatoms. The standard InChI is InChI=1S/C13H20N4O3/c1-3-14-12-8-10(17(18)19)9-13(15-12)20-11-4-6-16(2)7-5-11/h8-9,11H,3-7H2,1-2H3,(H,14,15). The number of rotatable bonds is 5. The van der Waals surface area contributed by atoms with Gasteiger partial charge in [-0.2, -0.15) is 4.98 Å². The Hall–Kier alpha value is -1.89. The van der Waals surface area contributed by atoms with Gasteiger partial charge in [-0.3, -0.25) is 10.1 Å². The van der Waals surface area contributed by atoms with Crippen LogP contribution in [0.15, 0.2) is 12.1 Å². The van der Waals surface area contributed by atoms with Crippen LogP contribution in [-0.4, -0.2) is 47.6 Å². The minimum atomic E-state index is -0.427. The molecule has 1 fully saturated rings. The molecule has 1 aliphatic heterocycles. The van der Waals surface area contributed by atoms with Crippen molar-refractivity contribution in [2.45, 2.75) is 25.9 Å². The van der Waals surface area contributed by atoms with Gasteiger partial charge in [-0.05, 0) is 26.8 Å². The Balaban J connectivity index is 2.11. The third-order valence-corrected chi connectivity index (χ3v) is 3.31. The summed E-state index contributed by atoms with van der Waals surface area (Å²) < 4.78 is 5.80. The summed E-state index contributed by atoms with van der Waals surface area (Å²) in [6, 6.07) is 2.81. The molecule has 20 heavy (non-hydrogen) atoms. The zero-order valence-electron chi connectivity index (χ0n) is 11.8. The van der Waals surface area contributed by atoms with Crippen LogP contribution < -0.4 is 10.1 Å². The summed E-state index contributed by atoms with van der Waals surface area (Å²) in [7, 11) is 2.07. The molecule has 0 bridgehead atoms. The second-order valence-electron chi connectivity index (χ2n) is 4.96. The molecular weight excluding hydrogens is 260 g/mol. The highest BCUT2D eigenvalue weighted by Gasteiger charge is 2.20. The van der Waals surface area contributed by atoms with Crippen molar-refractivity contribution in [3.63, 3.8) is 0 Å². The van der Waals surface area contributed by atoms with Crippen molar-refractivity contribution >= 4 is 11.5 Å². The fourth-order valence-electron chi connectivity index (χ4n) is 2.20.